The van der Waals surface area contributed by atoms with Gasteiger partial charge in [-0.25, -0.2) is 0 Å². The molecule has 118 valence electrons. The van der Waals surface area contributed by atoms with Crippen molar-refractivity contribution in [3.63, 3.8) is 0 Å². The fourth-order valence-corrected chi connectivity index (χ4v) is 3.84. The molecule has 4 nitrogen and oxygen atoms in total. The highest BCUT2D eigenvalue weighted by Gasteiger charge is 2.27. The third-order valence-corrected chi connectivity index (χ3v) is 5.30. The Labute approximate surface area is 136 Å². The van der Waals surface area contributed by atoms with Crippen LogP contribution in [0.3, 0.4) is 0 Å². The molecular weight excluding hydrogens is 292 g/mol. The Kier molecular flexibility index (Phi) is 5.18. The minimum Gasteiger partial charge on any atom is -0.298 e. The number of rotatable bonds is 5. The zero-order chi connectivity index (χ0) is 15.4. The van der Waals surface area contributed by atoms with Crippen LogP contribution in [0.15, 0.2) is 36.5 Å². The van der Waals surface area contributed by atoms with E-state index in [0.29, 0.717) is 12.1 Å². The summed E-state index contributed by atoms with van der Waals surface area (Å²) in [5, 5.41) is 3.93. The molecule has 2 aromatic rings. The lowest BCUT2D eigenvalue weighted by Crippen LogP contribution is -2.47. The summed E-state index contributed by atoms with van der Waals surface area (Å²) in [4.78, 5) is 6.32. The Morgan fingerprint density at radius 1 is 1.32 bits per heavy atom. The summed E-state index contributed by atoms with van der Waals surface area (Å²) in [7, 11) is 2.23. The summed E-state index contributed by atoms with van der Waals surface area (Å²) in [6.07, 6.45) is 4.35. The minimum atomic E-state index is 0.626. The molecule has 1 aromatic heterocycles. The van der Waals surface area contributed by atoms with Crippen molar-refractivity contribution < 1.29 is 0 Å². The van der Waals surface area contributed by atoms with Crippen LogP contribution in [-0.4, -0.2) is 45.1 Å². The van der Waals surface area contributed by atoms with E-state index in [1.807, 2.05) is 6.20 Å². The van der Waals surface area contributed by atoms with Gasteiger partial charge in [0.05, 0.1) is 11.1 Å². The Bertz CT molecular complexity index is 557. The maximum absolute atomic E-state index is 3.95. The van der Waals surface area contributed by atoms with Crippen molar-refractivity contribution in [1.82, 2.24) is 19.4 Å². The van der Waals surface area contributed by atoms with Crippen LogP contribution >= 0.6 is 11.5 Å². The van der Waals surface area contributed by atoms with Crippen LogP contribution < -0.4 is 0 Å². The van der Waals surface area contributed by atoms with Gasteiger partial charge in [0, 0.05) is 31.7 Å². The molecule has 2 heterocycles. The lowest BCUT2D eigenvalue weighted by molar-refractivity contribution is 0.0776. The van der Waals surface area contributed by atoms with Crippen LogP contribution in [0.5, 0.6) is 0 Å². The van der Waals surface area contributed by atoms with Crippen molar-refractivity contribution in [2.45, 2.75) is 44.9 Å². The third kappa shape index (κ3) is 3.91. The summed E-state index contributed by atoms with van der Waals surface area (Å²) in [6, 6.07) is 12.1. The van der Waals surface area contributed by atoms with Gasteiger partial charge in [-0.15, -0.1) is 5.10 Å². The molecule has 0 radical (unpaired) electrons. The molecule has 1 fully saturated rings. The molecule has 22 heavy (non-hydrogen) atoms. The maximum atomic E-state index is 3.95. The molecule has 0 saturated carbocycles. The van der Waals surface area contributed by atoms with Gasteiger partial charge in [-0.2, -0.15) is 0 Å². The second-order valence-corrected chi connectivity index (χ2v) is 7.15. The summed E-state index contributed by atoms with van der Waals surface area (Å²) in [5.41, 5.74) is 1.41. The van der Waals surface area contributed by atoms with E-state index in [9.17, 15) is 0 Å². The fourth-order valence-electron chi connectivity index (χ4n) is 3.28. The smallest absolute Gasteiger partial charge is 0.0666 e. The molecule has 0 bridgehead atoms. The van der Waals surface area contributed by atoms with Crippen molar-refractivity contribution in [1.29, 1.82) is 0 Å². The van der Waals surface area contributed by atoms with E-state index in [1.165, 1.54) is 41.4 Å². The van der Waals surface area contributed by atoms with E-state index in [1.54, 1.807) is 0 Å². The number of benzene rings is 1. The molecular formula is C17H24N4S. The summed E-state index contributed by atoms with van der Waals surface area (Å²) in [5.74, 6) is 0. The fraction of sp³-hybridized carbons (Fsp3) is 0.529. The highest BCUT2D eigenvalue weighted by molar-refractivity contribution is 7.05. The molecule has 1 aliphatic rings. The second kappa shape index (κ2) is 7.31. The van der Waals surface area contributed by atoms with Gasteiger partial charge in [0.1, 0.15) is 0 Å². The molecule has 3 rings (SSSR count). The van der Waals surface area contributed by atoms with E-state index < -0.39 is 0 Å². The van der Waals surface area contributed by atoms with E-state index >= 15 is 0 Å². The molecule has 0 aliphatic carbocycles. The molecule has 0 N–H and O–H groups in total. The Balaban J connectivity index is 1.53. The lowest BCUT2D eigenvalue weighted by Gasteiger charge is -2.41. The first-order valence-electron chi connectivity index (χ1n) is 7.97. The second-order valence-electron chi connectivity index (χ2n) is 6.28. The normalized spacial score (nSPS) is 23.0. The van der Waals surface area contributed by atoms with Gasteiger partial charge in [-0.3, -0.25) is 9.80 Å². The van der Waals surface area contributed by atoms with Crippen molar-refractivity contribution in [3.8, 4) is 0 Å². The maximum Gasteiger partial charge on any atom is 0.0666 e. The van der Waals surface area contributed by atoms with Gasteiger partial charge in [0.15, 0.2) is 0 Å². The van der Waals surface area contributed by atoms with E-state index in [0.717, 1.165) is 13.1 Å². The number of hydrogen-bond donors (Lipinski definition) is 0. The van der Waals surface area contributed by atoms with Crippen LogP contribution in [0.25, 0.3) is 0 Å². The average molecular weight is 316 g/mol. The van der Waals surface area contributed by atoms with Gasteiger partial charge in [-0.05, 0) is 43.9 Å². The first-order chi connectivity index (χ1) is 10.7. The molecule has 5 heteroatoms. The third-order valence-electron chi connectivity index (χ3n) is 4.65. The van der Waals surface area contributed by atoms with Crippen molar-refractivity contribution >= 4 is 11.5 Å². The van der Waals surface area contributed by atoms with Crippen LogP contribution in [0.2, 0.25) is 0 Å². The Hall–Kier alpha value is -1.30. The number of nitrogens with zero attached hydrogens (tertiary/aromatic N) is 4. The van der Waals surface area contributed by atoms with Crippen LogP contribution in [0, 0.1) is 0 Å². The standard InChI is InChI=1S/C17H24N4S/c1-14-10-16(20(2)13-17-11-18-19-22-17)8-9-21(14)12-15-6-4-3-5-7-15/h3-7,11,14,16H,8-10,12-13H2,1-2H3. The molecule has 0 amide bonds. The zero-order valence-corrected chi connectivity index (χ0v) is 14.2. The molecule has 1 saturated heterocycles. The highest BCUT2D eigenvalue weighted by Crippen LogP contribution is 2.24. The van der Waals surface area contributed by atoms with Crippen LogP contribution in [0.4, 0.5) is 0 Å². The summed E-state index contributed by atoms with van der Waals surface area (Å²) < 4.78 is 3.95. The molecule has 1 aromatic carbocycles. The van der Waals surface area contributed by atoms with Crippen molar-refractivity contribution in [2.24, 2.45) is 0 Å². The monoisotopic (exact) mass is 316 g/mol. The quantitative estimate of drug-likeness (QED) is 0.849. The van der Waals surface area contributed by atoms with Gasteiger partial charge >= 0.3 is 0 Å². The lowest BCUT2D eigenvalue weighted by atomic mass is 9.96. The predicted molar refractivity (Wildman–Crippen MR) is 90.7 cm³/mol. The van der Waals surface area contributed by atoms with E-state index in [2.05, 4.69) is 63.7 Å². The number of piperidine rings is 1. The average Bonchev–Trinajstić information content (AvgIpc) is 3.03. The van der Waals surface area contributed by atoms with Crippen LogP contribution in [-0.2, 0) is 13.1 Å². The van der Waals surface area contributed by atoms with Gasteiger partial charge in [0.2, 0.25) is 0 Å². The van der Waals surface area contributed by atoms with E-state index in [4.69, 9.17) is 0 Å². The van der Waals surface area contributed by atoms with Crippen molar-refractivity contribution in [2.75, 3.05) is 13.6 Å². The number of aromatic nitrogens is 2. The van der Waals surface area contributed by atoms with Crippen LogP contribution in [0.1, 0.15) is 30.2 Å². The summed E-state index contributed by atoms with van der Waals surface area (Å²) >= 11 is 1.51. The zero-order valence-electron chi connectivity index (χ0n) is 13.4. The topological polar surface area (TPSA) is 32.3 Å². The van der Waals surface area contributed by atoms with E-state index in [-0.39, 0.29) is 0 Å². The molecule has 2 unspecified atom stereocenters. The first kappa shape index (κ1) is 15.6. The summed E-state index contributed by atoms with van der Waals surface area (Å²) in [6.45, 7) is 5.56. The van der Waals surface area contributed by atoms with Gasteiger partial charge in [-0.1, -0.05) is 34.8 Å². The minimum absolute atomic E-state index is 0.626. The van der Waals surface area contributed by atoms with Gasteiger partial charge < -0.3 is 0 Å². The Morgan fingerprint density at radius 3 is 2.82 bits per heavy atom. The Morgan fingerprint density at radius 2 is 2.14 bits per heavy atom. The largest absolute Gasteiger partial charge is 0.298 e. The molecule has 0 spiro atoms. The predicted octanol–water partition coefficient (Wildman–Crippen LogP) is 3.02. The number of likely N-dealkylation sites (tertiary alicyclic amines) is 1. The SMILES string of the molecule is CC1CC(N(C)Cc2cnns2)CCN1Cc1ccccc1. The molecule has 2 atom stereocenters. The molecule has 1 aliphatic heterocycles. The van der Waals surface area contributed by atoms with Crippen molar-refractivity contribution in [3.05, 3.63) is 47.0 Å². The number of hydrogen-bond acceptors (Lipinski definition) is 5. The highest BCUT2D eigenvalue weighted by atomic mass is 32.1. The first-order valence-corrected chi connectivity index (χ1v) is 8.74. The van der Waals surface area contributed by atoms with Gasteiger partial charge in [0.25, 0.3) is 0 Å².